The Bertz CT molecular complexity index is 1790. The number of fused-ring (bicyclic) bond motifs is 5. The van der Waals surface area contributed by atoms with E-state index < -0.39 is 0 Å². The fraction of sp³-hybridized carbons (Fsp3) is 0.121. The summed E-state index contributed by atoms with van der Waals surface area (Å²) in [7, 11) is 0. The summed E-state index contributed by atoms with van der Waals surface area (Å²) in [6.07, 6.45) is 17.1. The van der Waals surface area contributed by atoms with Gasteiger partial charge in [-0.15, -0.1) is 0 Å². The van der Waals surface area contributed by atoms with Crippen molar-refractivity contribution in [2.24, 2.45) is 0 Å². The molecular weight excluding hydrogens is 438 g/mol. The molecule has 5 aromatic rings. The highest BCUT2D eigenvalue weighted by molar-refractivity contribution is 6.23. The molecule has 3 heteroatoms. The van der Waals surface area contributed by atoms with Crippen molar-refractivity contribution < 1.29 is 0 Å². The standard InChI is InChI=1S/C33H25N3/c1-3-12-23(13-4-1)31-34-32(24-14-5-2-6-15-24)36-33(35-31)29-21-25-20-19-22-11-7-8-16-26(22)30(25)28-18-10-9-17-27(28)29/h1,3,5,7-12,14-21H,2,4,6,13H2. The zero-order valence-electron chi connectivity index (χ0n) is 20.0. The largest absolute Gasteiger partial charge is 0.209 e. The maximum Gasteiger partial charge on any atom is 0.164 e. The minimum absolute atomic E-state index is 0.733. The Balaban J connectivity index is 1.53. The number of allylic oxidation sites excluding steroid dienone is 8. The molecule has 172 valence electrons. The highest BCUT2D eigenvalue weighted by Gasteiger charge is 2.18. The van der Waals surface area contributed by atoms with Crippen LogP contribution in [0.3, 0.4) is 0 Å². The first-order valence-electron chi connectivity index (χ1n) is 12.7. The summed E-state index contributed by atoms with van der Waals surface area (Å²) in [4.78, 5) is 15.1. The van der Waals surface area contributed by atoms with E-state index in [0.717, 1.165) is 59.7 Å². The van der Waals surface area contributed by atoms with E-state index in [0.29, 0.717) is 0 Å². The van der Waals surface area contributed by atoms with Crippen LogP contribution in [0.15, 0.2) is 103 Å². The summed E-state index contributed by atoms with van der Waals surface area (Å²) >= 11 is 0. The second-order valence-corrected chi connectivity index (χ2v) is 9.46. The topological polar surface area (TPSA) is 38.7 Å². The van der Waals surface area contributed by atoms with Crippen molar-refractivity contribution in [3.63, 3.8) is 0 Å². The second-order valence-electron chi connectivity index (χ2n) is 9.46. The molecule has 4 aromatic carbocycles. The minimum atomic E-state index is 0.733. The Hall–Kier alpha value is -4.37. The van der Waals surface area contributed by atoms with Crippen molar-refractivity contribution in [3.8, 4) is 11.4 Å². The lowest BCUT2D eigenvalue weighted by Crippen LogP contribution is -2.06. The Morgan fingerprint density at radius 1 is 0.611 bits per heavy atom. The first kappa shape index (κ1) is 21.0. The third kappa shape index (κ3) is 3.56. The normalized spacial score (nSPS) is 15.4. The van der Waals surface area contributed by atoms with Gasteiger partial charge >= 0.3 is 0 Å². The van der Waals surface area contributed by atoms with Crippen molar-refractivity contribution >= 4 is 43.5 Å². The van der Waals surface area contributed by atoms with Gasteiger partial charge < -0.3 is 0 Å². The molecule has 36 heavy (non-hydrogen) atoms. The Labute approximate surface area is 210 Å². The molecule has 0 radical (unpaired) electrons. The van der Waals surface area contributed by atoms with E-state index in [-0.39, 0.29) is 0 Å². The second kappa shape index (κ2) is 8.69. The molecule has 7 rings (SSSR count). The van der Waals surface area contributed by atoms with E-state index in [4.69, 9.17) is 15.0 Å². The van der Waals surface area contributed by atoms with Gasteiger partial charge in [0.2, 0.25) is 0 Å². The minimum Gasteiger partial charge on any atom is -0.209 e. The molecule has 1 heterocycles. The highest BCUT2D eigenvalue weighted by Crippen LogP contribution is 2.38. The predicted octanol–water partition coefficient (Wildman–Crippen LogP) is 8.47. The maximum absolute atomic E-state index is 5.07. The average molecular weight is 464 g/mol. The third-order valence-electron chi connectivity index (χ3n) is 7.18. The fourth-order valence-corrected chi connectivity index (χ4v) is 5.40. The number of benzene rings is 4. The zero-order valence-corrected chi connectivity index (χ0v) is 20.0. The molecule has 0 saturated carbocycles. The number of hydrogen-bond acceptors (Lipinski definition) is 3. The summed E-state index contributed by atoms with van der Waals surface area (Å²) < 4.78 is 0. The van der Waals surface area contributed by atoms with Crippen molar-refractivity contribution in [2.45, 2.75) is 25.7 Å². The van der Waals surface area contributed by atoms with E-state index in [1.54, 1.807) is 0 Å². The van der Waals surface area contributed by atoms with E-state index >= 15 is 0 Å². The van der Waals surface area contributed by atoms with Crippen molar-refractivity contribution in [2.75, 3.05) is 0 Å². The zero-order chi connectivity index (χ0) is 23.9. The van der Waals surface area contributed by atoms with Gasteiger partial charge in [0, 0.05) is 11.1 Å². The molecule has 0 aliphatic heterocycles. The van der Waals surface area contributed by atoms with Gasteiger partial charge in [-0.25, -0.2) is 15.0 Å². The van der Waals surface area contributed by atoms with Gasteiger partial charge in [-0.2, -0.15) is 0 Å². The van der Waals surface area contributed by atoms with Crippen LogP contribution >= 0.6 is 0 Å². The summed E-state index contributed by atoms with van der Waals surface area (Å²) in [6, 6.07) is 23.9. The highest BCUT2D eigenvalue weighted by atomic mass is 15.0. The van der Waals surface area contributed by atoms with Crippen LogP contribution in [0.5, 0.6) is 0 Å². The van der Waals surface area contributed by atoms with Crippen LogP contribution in [0.25, 0.3) is 54.9 Å². The van der Waals surface area contributed by atoms with E-state index in [2.05, 4.69) is 103 Å². The Kier molecular flexibility index (Phi) is 5.06. The first-order valence-corrected chi connectivity index (χ1v) is 12.7. The molecule has 3 nitrogen and oxygen atoms in total. The SMILES string of the molecule is C1=CCCC(c2nc(C3=CCCC=C3)nc(-c3cc4ccc5ccccc5c4c4ccccc34)n2)=C1. The molecule has 2 aliphatic carbocycles. The van der Waals surface area contributed by atoms with Crippen LogP contribution in [-0.2, 0) is 0 Å². The molecule has 0 N–H and O–H groups in total. The molecule has 0 spiro atoms. The lowest BCUT2D eigenvalue weighted by molar-refractivity contribution is 0.953. The number of nitrogens with zero attached hydrogens (tertiary/aromatic N) is 3. The van der Waals surface area contributed by atoms with Crippen LogP contribution in [0.4, 0.5) is 0 Å². The van der Waals surface area contributed by atoms with Gasteiger partial charge in [0.25, 0.3) is 0 Å². The molecular formula is C33H25N3. The summed E-state index contributed by atoms with van der Waals surface area (Å²) in [5.74, 6) is 2.27. The van der Waals surface area contributed by atoms with Gasteiger partial charge in [-0.05, 0) is 69.6 Å². The number of rotatable bonds is 3. The van der Waals surface area contributed by atoms with Crippen LogP contribution in [0, 0.1) is 0 Å². The summed E-state index contributed by atoms with van der Waals surface area (Å²) in [5, 5.41) is 7.38. The van der Waals surface area contributed by atoms with Crippen molar-refractivity contribution in [3.05, 3.63) is 115 Å². The summed E-state index contributed by atoms with van der Waals surface area (Å²) in [5.41, 5.74) is 3.29. The summed E-state index contributed by atoms with van der Waals surface area (Å²) in [6.45, 7) is 0. The average Bonchev–Trinajstić information content (AvgIpc) is 2.97. The molecule has 0 atom stereocenters. The van der Waals surface area contributed by atoms with Gasteiger partial charge in [0.05, 0.1) is 0 Å². The van der Waals surface area contributed by atoms with Crippen molar-refractivity contribution in [1.29, 1.82) is 0 Å². The molecule has 0 bridgehead atoms. The molecule has 2 aliphatic rings. The maximum atomic E-state index is 5.07. The first-order chi connectivity index (χ1) is 17.8. The molecule has 0 saturated heterocycles. The predicted molar refractivity (Wildman–Crippen MR) is 150 cm³/mol. The van der Waals surface area contributed by atoms with Gasteiger partial charge in [0.15, 0.2) is 17.5 Å². The van der Waals surface area contributed by atoms with Crippen LogP contribution in [0.1, 0.15) is 37.3 Å². The Morgan fingerprint density at radius 2 is 1.39 bits per heavy atom. The third-order valence-corrected chi connectivity index (χ3v) is 7.18. The van der Waals surface area contributed by atoms with Crippen LogP contribution in [-0.4, -0.2) is 15.0 Å². The van der Waals surface area contributed by atoms with Crippen molar-refractivity contribution in [1.82, 2.24) is 15.0 Å². The van der Waals surface area contributed by atoms with Crippen LogP contribution < -0.4 is 0 Å². The fourth-order valence-electron chi connectivity index (χ4n) is 5.40. The van der Waals surface area contributed by atoms with Gasteiger partial charge in [0.1, 0.15) is 0 Å². The lowest BCUT2D eigenvalue weighted by atomic mass is 9.93. The van der Waals surface area contributed by atoms with Gasteiger partial charge in [-0.1, -0.05) is 97.1 Å². The van der Waals surface area contributed by atoms with E-state index in [9.17, 15) is 0 Å². The van der Waals surface area contributed by atoms with E-state index in [1.807, 2.05) is 0 Å². The Morgan fingerprint density at radius 3 is 2.22 bits per heavy atom. The molecule has 0 amide bonds. The molecule has 1 aromatic heterocycles. The van der Waals surface area contributed by atoms with Gasteiger partial charge in [-0.3, -0.25) is 0 Å². The number of aromatic nitrogens is 3. The number of hydrogen-bond donors (Lipinski definition) is 0. The van der Waals surface area contributed by atoms with E-state index in [1.165, 1.54) is 32.5 Å². The smallest absolute Gasteiger partial charge is 0.164 e. The monoisotopic (exact) mass is 463 g/mol. The molecule has 0 unspecified atom stereocenters. The lowest BCUT2D eigenvalue weighted by Gasteiger charge is -2.15. The quantitative estimate of drug-likeness (QED) is 0.252. The molecule has 0 fully saturated rings. The van der Waals surface area contributed by atoms with Crippen LogP contribution in [0.2, 0.25) is 0 Å².